The van der Waals surface area contributed by atoms with Gasteiger partial charge in [-0.15, -0.1) is 0 Å². The number of nitrogens with one attached hydrogen (secondary N) is 2. The number of hydrogen-bond acceptors (Lipinski definition) is 5. The maximum absolute atomic E-state index is 15.3. The molecule has 0 bridgehead atoms. The molecule has 2 saturated carbocycles. The van der Waals surface area contributed by atoms with Crippen LogP contribution in [0, 0.1) is 11.7 Å². The molecule has 37 heavy (non-hydrogen) atoms. The minimum absolute atomic E-state index is 0.0909. The molecule has 4 N–H and O–H groups in total. The second kappa shape index (κ2) is 11.9. The van der Waals surface area contributed by atoms with E-state index in [0.717, 1.165) is 38.8 Å². The van der Waals surface area contributed by atoms with E-state index in [1.165, 1.54) is 18.9 Å². The van der Waals surface area contributed by atoms with Gasteiger partial charge in [0.25, 0.3) is 0 Å². The van der Waals surface area contributed by atoms with Crippen molar-refractivity contribution in [2.24, 2.45) is 11.7 Å². The Kier molecular flexibility index (Phi) is 8.85. The zero-order valence-electron chi connectivity index (χ0n) is 22.2. The number of amides is 3. The number of nitrogens with zero attached hydrogens (tertiary/aromatic N) is 2. The van der Waals surface area contributed by atoms with E-state index >= 15 is 4.39 Å². The van der Waals surface area contributed by atoms with Crippen molar-refractivity contribution in [2.75, 3.05) is 38.5 Å². The maximum Gasteiger partial charge on any atom is 0.246 e. The van der Waals surface area contributed by atoms with Crippen molar-refractivity contribution in [1.29, 1.82) is 0 Å². The first kappa shape index (κ1) is 27.5. The summed E-state index contributed by atoms with van der Waals surface area (Å²) in [5, 5.41) is 5.63. The van der Waals surface area contributed by atoms with Crippen LogP contribution in [0.3, 0.4) is 0 Å². The van der Waals surface area contributed by atoms with Crippen molar-refractivity contribution in [3.8, 4) is 0 Å². The standard InChI is InChI=1S/C28H42FN5O3/c1-3-23(35)32-25(27(37)34-16-14-33(2)15-17-34)28(12-13-28)20-10-11-22(21(29)18-20)31-26(36)24(30)19-8-6-4-5-7-9-19/h10-11,18-19,24-25H,3-9,12-17,30H2,1-2H3,(H,31,36)(H,32,35)/t24-,25?/m0/s1. The average Bonchev–Trinajstić information content (AvgIpc) is 3.73. The highest BCUT2D eigenvalue weighted by molar-refractivity contribution is 5.95. The molecule has 4 rings (SSSR count). The highest BCUT2D eigenvalue weighted by Crippen LogP contribution is 2.52. The Morgan fingerprint density at radius 1 is 1.08 bits per heavy atom. The molecule has 2 atom stereocenters. The molecular formula is C28H42FN5O3. The SMILES string of the molecule is CCC(=O)NC(C(=O)N1CCN(C)CC1)C1(c2ccc(NC(=O)[C@@H](N)C3CCCCCC3)c(F)c2)CC1. The van der Waals surface area contributed by atoms with Gasteiger partial charge >= 0.3 is 0 Å². The quantitative estimate of drug-likeness (QED) is 0.462. The molecule has 8 nitrogen and oxygen atoms in total. The first-order chi connectivity index (χ1) is 17.7. The Hall–Kier alpha value is -2.52. The average molecular weight is 516 g/mol. The van der Waals surface area contributed by atoms with E-state index in [1.54, 1.807) is 24.0 Å². The minimum Gasteiger partial charge on any atom is -0.343 e. The molecule has 9 heteroatoms. The van der Waals surface area contributed by atoms with Gasteiger partial charge in [-0.1, -0.05) is 38.7 Å². The Balaban J connectivity index is 1.50. The molecule has 1 unspecified atom stereocenters. The third kappa shape index (κ3) is 6.32. The molecule has 3 aliphatic rings. The molecule has 0 radical (unpaired) electrons. The van der Waals surface area contributed by atoms with Gasteiger partial charge in [-0.05, 0) is 56.3 Å². The van der Waals surface area contributed by atoms with Crippen molar-refractivity contribution in [3.05, 3.63) is 29.6 Å². The lowest BCUT2D eigenvalue weighted by molar-refractivity contribution is -0.138. The minimum atomic E-state index is -0.744. The predicted molar refractivity (Wildman–Crippen MR) is 141 cm³/mol. The van der Waals surface area contributed by atoms with E-state index < -0.39 is 23.3 Å². The third-order valence-corrected chi connectivity index (χ3v) is 8.54. The lowest BCUT2D eigenvalue weighted by Crippen LogP contribution is -2.58. The number of rotatable bonds is 8. The first-order valence-corrected chi connectivity index (χ1v) is 13.9. The molecule has 1 saturated heterocycles. The summed E-state index contributed by atoms with van der Waals surface area (Å²) in [6, 6.07) is 3.32. The van der Waals surface area contributed by atoms with Crippen LogP contribution >= 0.6 is 0 Å². The lowest BCUT2D eigenvalue weighted by Gasteiger charge is -2.37. The topological polar surface area (TPSA) is 108 Å². The Bertz CT molecular complexity index is 982. The summed E-state index contributed by atoms with van der Waals surface area (Å²) in [5.74, 6) is -1.12. The summed E-state index contributed by atoms with van der Waals surface area (Å²) >= 11 is 0. The van der Waals surface area contributed by atoms with Gasteiger partial charge in [-0.2, -0.15) is 0 Å². The number of carbonyl (C=O) groups excluding carboxylic acids is 3. The summed E-state index contributed by atoms with van der Waals surface area (Å²) in [5.41, 5.74) is 6.37. The zero-order valence-corrected chi connectivity index (χ0v) is 22.2. The molecule has 2 aliphatic carbocycles. The monoisotopic (exact) mass is 515 g/mol. The van der Waals surface area contributed by atoms with Crippen LogP contribution in [-0.4, -0.2) is 72.8 Å². The fourth-order valence-electron chi connectivity index (χ4n) is 5.81. The van der Waals surface area contributed by atoms with Crippen LogP contribution in [0.5, 0.6) is 0 Å². The van der Waals surface area contributed by atoms with Crippen molar-refractivity contribution < 1.29 is 18.8 Å². The van der Waals surface area contributed by atoms with Crippen LogP contribution < -0.4 is 16.4 Å². The van der Waals surface area contributed by atoms with Crippen LogP contribution in [0.2, 0.25) is 0 Å². The summed E-state index contributed by atoms with van der Waals surface area (Å²) in [7, 11) is 2.02. The molecular weight excluding hydrogens is 473 g/mol. The number of anilines is 1. The number of hydrogen-bond donors (Lipinski definition) is 3. The number of nitrogens with two attached hydrogens (primary N) is 1. The van der Waals surface area contributed by atoms with E-state index in [1.807, 2.05) is 7.05 Å². The summed E-state index contributed by atoms with van der Waals surface area (Å²) < 4.78 is 15.3. The van der Waals surface area contributed by atoms with Crippen LogP contribution in [0.4, 0.5) is 10.1 Å². The van der Waals surface area contributed by atoms with Gasteiger partial charge in [-0.3, -0.25) is 14.4 Å². The second-order valence-corrected chi connectivity index (χ2v) is 11.1. The van der Waals surface area contributed by atoms with Crippen LogP contribution in [-0.2, 0) is 19.8 Å². The highest BCUT2D eigenvalue weighted by atomic mass is 19.1. The predicted octanol–water partition coefficient (Wildman–Crippen LogP) is 2.76. The van der Waals surface area contributed by atoms with Gasteiger partial charge in [0.2, 0.25) is 17.7 Å². The summed E-state index contributed by atoms with van der Waals surface area (Å²) in [6.07, 6.45) is 7.94. The smallest absolute Gasteiger partial charge is 0.246 e. The first-order valence-electron chi connectivity index (χ1n) is 13.9. The largest absolute Gasteiger partial charge is 0.343 e. The van der Waals surface area contributed by atoms with E-state index in [9.17, 15) is 14.4 Å². The second-order valence-electron chi connectivity index (χ2n) is 11.1. The van der Waals surface area contributed by atoms with Gasteiger partial charge in [0.1, 0.15) is 11.9 Å². The molecule has 1 heterocycles. The number of carbonyl (C=O) groups is 3. The zero-order chi connectivity index (χ0) is 26.6. The Morgan fingerprint density at radius 3 is 2.30 bits per heavy atom. The highest BCUT2D eigenvalue weighted by Gasteiger charge is 2.55. The van der Waals surface area contributed by atoms with Crippen LogP contribution in [0.1, 0.15) is 70.3 Å². The maximum atomic E-state index is 15.3. The molecule has 1 aliphatic heterocycles. The number of piperazine rings is 1. The normalized spacial score (nSPS) is 22.0. The molecule has 204 valence electrons. The van der Waals surface area contributed by atoms with Crippen molar-refractivity contribution in [2.45, 2.75) is 82.2 Å². The molecule has 3 fully saturated rings. The van der Waals surface area contributed by atoms with Crippen LogP contribution in [0.25, 0.3) is 0 Å². The third-order valence-electron chi connectivity index (χ3n) is 8.54. The van der Waals surface area contributed by atoms with E-state index in [-0.39, 0.29) is 35.7 Å². The Labute approximate surface area is 219 Å². The van der Waals surface area contributed by atoms with Gasteiger partial charge in [0, 0.05) is 38.0 Å². The molecule has 0 aromatic heterocycles. The van der Waals surface area contributed by atoms with E-state index in [4.69, 9.17) is 5.73 Å². The summed E-state index contributed by atoms with van der Waals surface area (Å²) in [4.78, 5) is 42.8. The van der Waals surface area contributed by atoms with Crippen molar-refractivity contribution >= 4 is 23.4 Å². The van der Waals surface area contributed by atoms with Gasteiger partial charge in [0.05, 0.1) is 11.7 Å². The van der Waals surface area contributed by atoms with Gasteiger partial charge in [0.15, 0.2) is 0 Å². The fraction of sp³-hybridized carbons (Fsp3) is 0.679. The van der Waals surface area contributed by atoms with E-state index in [2.05, 4.69) is 15.5 Å². The number of likely N-dealkylation sites (N-methyl/N-ethyl adjacent to an activating group) is 1. The number of halogens is 1. The van der Waals surface area contributed by atoms with Crippen LogP contribution in [0.15, 0.2) is 18.2 Å². The van der Waals surface area contributed by atoms with Gasteiger partial charge in [-0.25, -0.2) is 4.39 Å². The van der Waals surface area contributed by atoms with Crippen molar-refractivity contribution in [3.63, 3.8) is 0 Å². The lowest BCUT2D eigenvalue weighted by atomic mass is 9.86. The van der Waals surface area contributed by atoms with Crippen molar-refractivity contribution in [1.82, 2.24) is 15.1 Å². The molecule has 0 spiro atoms. The summed E-state index contributed by atoms with van der Waals surface area (Å²) in [6.45, 7) is 4.51. The molecule has 3 amide bonds. The number of benzene rings is 1. The van der Waals surface area contributed by atoms with E-state index in [0.29, 0.717) is 31.5 Å². The molecule has 1 aromatic rings. The fourth-order valence-corrected chi connectivity index (χ4v) is 5.81. The van der Waals surface area contributed by atoms with Gasteiger partial charge < -0.3 is 26.2 Å². The molecule has 1 aromatic carbocycles. The Morgan fingerprint density at radius 2 is 1.73 bits per heavy atom.